The molecule has 0 radical (unpaired) electrons. The van der Waals surface area contributed by atoms with Crippen LogP contribution >= 0.6 is 11.3 Å². The lowest BCUT2D eigenvalue weighted by molar-refractivity contribution is -0.139. The smallest absolute Gasteiger partial charge is 0.338 e. The molecule has 0 fully saturated rings. The molecule has 0 saturated carbocycles. The number of aromatic hydroxyl groups is 1. The molecule has 2 heterocycles. The second-order valence-corrected chi connectivity index (χ2v) is 9.14. The Morgan fingerprint density at radius 1 is 1.18 bits per heavy atom. The molecular weight excluding hydrogens is 452 g/mol. The van der Waals surface area contributed by atoms with Gasteiger partial charge in [0.1, 0.15) is 11.5 Å². The van der Waals surface area contributed by atoms with Crippen molar-refractivity contribution >= 4 is 23.4 Å². The monoisotopic (exact) mass is 478 g/mol. The van der Waals surface area contributed by atoms with Gasteiger partial charge in [-0.05, 0) is 69.2 Å². The Hall–Kier alpha value is -3.65. The van der Waals surface area contributed by atoms with E-state index in [1.165, 1.54) is 11.3 Å². The minimum atomic E-state index is -0.676. The van der Waals surface area contributed by atoms with Crippen molar-refractivity contribution in [3.05, 3.63) is 90.6 Å². The molecule has 3 aromatic rings. The lowest BCUT2D eigenvalue weighted by atomic mass is 9.96. The van der Waals surface area contributed by atoms with Crippen LogP contribution in [-0.2, 0) is 9.53 Å². The van der Waals surface area contributed by atoms with E-state index in [1.54, 1.807) is 48.8 Å². The fourth-order valence-electron chi connectivity index (χ4n) is 3.83. The number of rotatable bonds is 6. The molecule has 176 valence electrons. The summed E-state index contributed by atoms with van der Waals surface area (Å²) in [7, 11) is 0. The fourth-order valence-corrected chi connectivity index (χ4v) is 4.88. The van der Waals surface area contributed by atoms with Gasteiger partial charge in [0, 0.05) is 0 Å². The van der Waals surface area contributed by atoms with Crippen LogP contribution in [0.5, 0.6) is 11.5 Å². The maximum atomic E-state index is 13.5. The summed E-state index contributed by atoms with van der Waals surface area (Å²) < 4.78 is 13.1. The highest BCUT2D eigenvalue weighted by Gasteiger charge is 2.33. The zero-order valence-electron chi connectivity index (χ0n) is 19.4. The molecule has 2 aromatic carbocycles. The molecule has 1 aromatic heterocycles. The van der Waals surface area contributed by atoms with Gasteiger partial charge in [0.2, 0.25) is 0 Å². The van der Waals surface area contributed by atoms with Gasteiger partial charge in [-0.2, -0.15) is 0 Å². The van der Waals surface area contributed by atoms with Crippen LogP contribution in [0.25, 0.3) is 6.08 Å². The van der Waals surface area contributed by atoms with Gasteiger partial charge in [-0.25, -0.2) is 9.79 Å². The number of carbonyl (C=O) groups excluding carboxylic acids is 1. The Labute approximate surface area is 200 Å². The number of thiazole rings is 1. The van der Waals surface area contributed by atoms with Crippen LogP contribution in [0, 0.1) is 0 Å². The SMILES string of the molecule is CCOC(=O)C1=C(C)N=c2s/c(=C/c3ccc(O)cc3)c(=O)n2C1c1ccc(OC(C)C)cc1. The number of hydrogen-bond acceptors (Lipinski definition) is 7. The van der Waals surface area contributed by atoms with Gasteiger partial charge in [-0.15, -0.1) is 0 Å². The van der Waals surface area contributed by atoms with Crippen molar-refractivity contribution in [2.45, 2.75) is 39.8 Å². The summed E-state index contributed by atoms with van der Waals surface area (Å²) in [6.45, 7) is 7.62. The van der Waals surface area contributed by atoms with Crippen LogP contribution in [-0.4, -0.2) is 28.4 Å². The fraction of sp³-hybridized carbons (Fsp3) is 0.269. The van der Waals surface area contributed by atoms with Crippen molar-refractivity contribution in [1.82, 2.24) is 4.57 Å². The van der Waals surface area contributed by atoms with Gasteiger partial charge in [-0.1, -0.05) is 35.6 Å². The van der Waals surface area contributed by atoms with E-state index < -0.39 is 12.0 Å². The quantitative estimate of drug-likeness (QED) is 0.549. The van der Waals surface area contributed by atoms with Crippen molar-refractivity contribution < 1.29 is 19.4 Å². The lowest BCUT2D eigenvalue weighted by Crippen LogP contribution is -2.39. The number of carbonyl (C=O) groups is 1. The molecule has 1 atom stereocenters. The van der Waals surface area contributed by atoms with E-state index in [-0.39, 0.29) is 24.0 Å². The molecule has 4 rings (SSSR count). The number of benzene rings is 2. The Bertz CT molecular complexity index is 1410. The van der Waals surface area contributed by atoms with Crippen LogP contribution in [0.1, 0.15) is 44.9 Å². The number of hydrogen-bond donors (Lipinski definition) is 1. The molecule has 1 N–H and O–H groups in total. The Morgan fingerprint density at radius 3 is 2.47 bits per heavy atom. The standard InChI is InChI=1S/C26H26N2O5S/c1-5-32-25(31)22-16(4)27-26-28(23(22)18-8-12-20(13-9-18)33-15(2)3)24(30)21(34-26)14-17-6-10-19(29)11-7-17/h6-15,23,29H,5H2,1-4H3/b21-14+. The van der Waals surface area contributed by atoms with Gasteiger partial charge >= 0.3 is 5.97 Å². The summed E-state index contributed by atoms with van der Waals surface area (Å²) in [6, 6.07) is 13.3. The minimum Gasteiger partial charge on any atom is -0.508 e. The third kappa shape index (κ3) is 4.68. The second kappa shape index (κ2) is 9.69. The van der Waals surface area contributed by atoms with Crippen molar-refractivity contribution in [2.24, 2.45) is 4.99 Å². The average Bonchev–Trinajstić information content (AvgIpc) is 3.09. The van der Waals surface area contributed by atoms with Crippen molar-refractivity contribution in [3.8, 4) is 11.5 Å². The molecule has 7 nitrogen and oxygen atoms in total. The number of allylic oxidation sites excluding steroid dienone is 1. The Morgan fingerprint density at radius 2 is 1.85 bits per heavy atom. The molecule has 1 unspecified atom stereocenters. The van der Waals surface area contributed by atoms with Crippen LogP contribution in [0.3, 0.4) is 0 Å². The second-order valence-electron chi connectivity index (χ2n) is 8.13. The molecular formula is C26H26N2O5S. The topological polar surface area (TPSA) is 90.1 Å². The summed E-state index contributed by atoms with van der Waals surface area (Å²) >= 11 is 1.26. The highest BCUT2D eigenvalue weighted by Crippen LogP contribution is 2.31. The number of aromatic nitrogens is 1. The van der Waals surface area contributed by atoms with E-state index in [0.717, 1.165) is 11.1 Å². The maximum Gasteiger partial charge on any atom is 0.338 e. The molecule has 0 spiro atoms. The van der Waals surface area contributed by atoms with Gasteiger partial charge in [-0.3, -0.25) is 9.36 Å². The molecule has 1 aliphatic heterocycles. The predicted molar refractivity (Wildman–Crippen MR) is 131 cm³/mol. The van der Waals surface area contributed by atoms with E-state index >= 15 is 0 Å². The van der Waals surface area contributed by atoms with Gasteiger partial charge < -0.3 is 14.6 Å². The van der Waals surface area contributed by atoms with E-state index in [0.29, 0.717) is 26.4 Å². The molecule has 8 heteroatoms. The van der Waals surface area contributed by atoms with Gasteiger partial charge in [0.25, 0.3) is 5.56 Å². The number of esters is 1. The van der Waals surface area contributed by atoms with E-state index in [1.807, 2.05) is 38.1 Å². The molecule has 34 heavy (non-hydrogen) atoms. The lowest BCUT2D eigenvalue weighted by Gasteiger charge is -2.25. The number of ether oxygens (including phenoxy) is 2. The third-order valence-corrected chi connectivity index (χ3v) is 6.26. The summed E-state index contributed by atoms with van der Waals surface area (Å²) in [5, 5.41) is 9.54. The normalized spacial score (nSPS) is 15.8. The van der Waals surface area contributed by atoms with Crippen LogP contribution in [0.2, 0.25) is 0 Å². The number of fused-ring (bicyclic) bond motifs is 1. The molecule has 0 amide bonds. The molecule has 0 bridgehead atoms. The summed E-state index contributed by atoms with van der Waals surface area (Å²) in [5.41, 5.74) is 2.13. The van der Waals surface area contributed by atoms with Gasteiger partial charge in [0.05, 0.1) is 34.6 Å². The van der Waals surface area contributed by atoms with E-state index in [2.05, 4.69) is 4.99 Å². The number of nitrogens with zero attached hydrogens (tertiary/aromatic N) is 2. The zero-order valence-corrected chi connectivity index (χ0v) is 20.3. The molecule has 1 aliphatic rings. The van der Waals surface area contributed by atoms with Crippen LogP contribution in [0.15, 0.2) is 69.6 Å². The van der Waals surface area contributed by atoms with Crippen molar-refractivity contribution in [3.63, 3.8) is 0 Å². The first-order valence-corrected chi connectivity index (χ1v) is 11.9. The number of phenols is 1. The summed E-state index contributed by atoms with van der Waals surface area (Å²) in [6.07, 6.45) is 1.78. The Balaban J connectivity index is 1.89. The zero-order chi connectivity index (χ0) is 24.4. The van der Waals surface area contributed by atoms with Crippen LogP contribution in [0.4, 0.5) is 0 Å². The van der Waals surface area contributed by atoms with Crippen molar-refractivity contribution in [2.75, 3.05) is 6.61 Å². The Kier molecular flexibility index (Phi) is 6.70. The van der Waals surface area contributed by atoms with Gasteiger partial charge in [0.15, 0.2) is 4.80 Å². The molecule has 0 aliphatic carbocycles. The van der Waals surface area contributed by atoms with Crippen molar-refractivity contribution in [1.29, 1.82) is 0 Å². The van der Waals surface area contributed by atoms with E-state index in [9.17, 15) is 14.7 Å². The van der Waals surface area contributed by atoms with E-state index in [4.69, 9.17) is 9.47 Å². The number of phenolic OH excluding ortho intramolecular Hbond substituents is 1. The highest BCUT2D eigenvalue weighted by atomic mass is 32.1. The average molecular weight is 479 g/mol. The summed E-state index contributed by atoms with van der Waals surface area (Å²) in [4.78, 5) is 31.6. The highest BCUT2D eigenvalue weighted by molar-refractivity contribution is 7.07. The van der Waals surface area contributed by atoms with Crippen LogP contribution < -0.4 is 19.6 Å². The molecule has 0 saturated heterocycles. The first-order chi connectivity index (χ1) is 16.3. The summed E-state index contributed by atoms with van der Waals surface area (Å²) in [5.74, 6) is 0.360. The first kappa shape index (κ1) is 23.5. The first-order valence-electron chi connectivity index (χ1n) is 11.0. The largest absolute Gasteiger partial charge is 0.508 e. The maximum absolute atomic E-state index is 13.5. The third-order valence-electron chi connectivity index (χ3n) is 5.28. The minimum absolute atomic E-state index is 0.0284. The predicted octanol–water partition coefficient (Wildman–Crippen LogP) is 3.29.